The van der Waals surface area contributed by atoms with Gasteiger partial charge in [-0.2, -0.15) is 0 Å². The number of halogens is 2. The monoisotopic (exact) mass is 407 g/mol. The van der Waals surface area contributed by atoms with Crippen LogP contribution in [0.3, 0.4) is 0 Å². The Kier molecular flexibility index (Phi) is 6.77. The van der Waals surface area contributed by atoms with E-state index in [-0.39, 0.29) is 37.3 Å². The van der Waals surface area contributed by atoms with Crippen molar-refractivity contribution in [2.45, 2.75) is 38.0 Å². The van der Waals surface area contributed by atoms with Crippen LogP contribution in [0.25, 0.3) is 0 Å². The third-order valence-electron chi connectivity index (χ3n) is 4.88. The van der Waals surface area contributed by atoms with Gasteiger partial charge in [-0.25, -0.2) is 0 Å². The van der Waals surface area contributed by atoms with Crippen LogP contribution in [0.2, 0.25) is 10.0 Å². The Morgan fingerprint density at radius 1 is 1.15 bits per heavy atom. The normalized spacial score (nSPS) is 21.3. The van der Waals surface area contributed by atoms with Gasteiger partial charge in [0.05, 0.1) is 18.7 Å². The fourth-order valence-corrected chi connectivity index (χ4v) is 3.99. The molecule has 0 radical (unpaired) electrons. The molecule has 0 aromatic heterocycles. The van der Waals surface area contributed by atoms with E-state index in [1.807, 2.05) is 43.3 Å². The Hall–Kier alpha value is -1.59. The molecule has 144 valence electrons. The molecule has 3 rings (SSSR count). The van der Waals surface area contributed by atoms with Crippen LogP contribution in [-0.2, 0) is 9.53 Å². The maximum Gasteiger partial charge on any atom is 0.249 e. The number of nitrogens with zero attached hydrogens (tertiary/aromatic N) is 1. The highest BCUT2D eigenvalue weighted by Gasteiger charge is 2.41. The molecule has 1 amide bonds. The Bertz CT molecular complexity index is 781. The molecule has 1 aliphatic rings. The number of ether oxygens (including phenoxy) is 1. The molecule has 0 aliphatic carbocycles. The summed E-state index contributed by atoms with van der Waals surface area (Å²) in [7, 11) is 0. The standard InChI is InChI=1S/C21H23Cl2NO3/c1-2-4-18(12-25)24-19(26)13-27-21(15-5-3-6-17(23)11-15)20(24)14-7-9-16(22)10-8-14/h3,5-11,18,20-21,25H,2,4,12-13H2,1H3/t18-,20-,21-/m1/s1. The lowest BCUT2D eigenvalue weighted by Gasteiger charge is -2.45. The predicted molar refractivity (Wildman–Crippen MR) is 107 cm³/mol. The second-order valence-corrected chi connectivity index (χ2v) is 7.58. The van der Waals surface area contributed by atoms with Crippen LogP contribution in [0, 0.1) is 0 Å². The average molecular weight is 408 g/mol. The maximum absolute atomic E-state index is 12.8. The minimum atomic E-state index is -0.381. The van der Waals surface area contributed by atoms with Gasteiger partial charge in [0.2, 0.25) is 5.91 Å². The van der Waals surface area contributed by atoms with E-state index in [9.17, 15) is 9.90 Å². The first-order chi connectivity index (χ1) is 13.0. The number of amides is 1. The van der Waals surface area contributed by atoms with E-state index < -0.39 is 0 Å². The summed E-state index contributed by atoms with van der Waals surface area (Å²) in [6.45, 7) is 1.92. The quantitative estimate of drug-likeness (QED) is 0.748. The zero-order chi connectivity index (χ0) is 19.4. The van der Waals surface area contributed by atoms with E-state index in [1.54, 1.807) is 17.0 Å². The first-order valence-corrected chi connectivity index (χ1v) is 9.85. The molecule has 1 N–H and O–H groups in total. The molecule has 2 aromatic rings. The smallest absolute Gasteiger partial charge is 0.249 e. The van der Waals surface area contributed by atoms with Crippen LogP contribution in [0.4, 0.5) is 0 Å². The zero-order valence-electron chi connectivity index (χ0n) is 15.1. The van der Waals surface area contributed by atoms with E-state index in [2.05, 4.69) is 0 Å². The molecule has 6 heteroatoms. The van der Waals surface area contributed by atoms with E-state index in [4.69, 9.17) is 27.9 Å². The first kappa shape index (κ1) is 20.2. The molecular weight excluding hydrogens is 385 g/mol. The molecule has 1 saturated heterocycles. The van der Waals surface area contributed by atoms with Crippen LogP contribution in [0.1, 0.15) is 43.0 Å². The van der Waals surface area contributed by atoms with Crippen molar-refractivity contribution in [3.63, 3.8) is 0 Å². The van der Waals surface area contributed by atoms with Gasteiger partial charge in [0.15, 0.2) is 0 Å². The third kappa shape index (κ3) is 4.46. The van der Waals surface area contributed by atoms with E-state index in [0.29, 0.717) is 16.5 Å². The van der Waals surface area contributed by atoms with Crippen molar-refractivity contribution in [2.24, 2.45) is 0 Å². The van der Waals surface area contributed by atoms with Crippen molar-refractivity contribution < 1.29 is 14.6 Å². The molecule has 0 unspecified atom stereocenters. The van der Waals surface area contributed by atoms with Gasteiger partial charge in [0.1, 0.15) is 12.7 Å². The summed E-state index contributed by atoms with van der Waals surface area (Å²) in [6.07, 6.45) is 1.20. The summed E-state index contributed by atoms with van der Waals surface area (Å²) in [5.74, 6) is -0.124. The fourth-order valence-electron chi connectivity index (χ4n) is 3.67. The highest BCUT2D eigenvalue weighted by molar-refractivity contribution is 6.30. The van der Waals surface area contributed by atoms with Crippen LogP contribution in [0.5, 0.6) is 0 Å². The highest BCUT2D eigenvalue weighted by atomic mass is 35.5. The van der Waals surface area contributed by atoms with Crippen LogP contribution >= 0.6 is 23.2 Å². The van der Waals surface area contributed by atoms with E-state index in [1.165, 1.54) is 0 Å². The van der Waals surface area contributed by atoms with Crippen LogP contribution < -0.4 is 0 Å². The topological polar surface area (TPSA) is 49.8 Å². The number of rotatable bonds is 6. The summed E-state index contributed by atoms with van der Waals surface area (Å²) < 4.78 is 5.97. The summed E-state index contributed by atoms with van der Waals surface area (Å²) in [5, 5.41) is 11.2. The largest absolute Gasteiger partial charge is 0.394 e. The minimum Gasteiger partial charge on any atom is -0.394 e. The second-order valence-electron chi connectivity index (χ2n) is 6.71. The van der Waals surface area contributed by atoms with Gasteiger partial charge in [0.25, 0.3) is 0 Å². The SMILES string of the molecule is CCC[C@H](CO)N1C(=O)CO[C@H](c2cccc(Cl)c2)[C@H]1c1ccc(Cl)cc1. The van der Waals surface area contributed by atoms with Crippen molar-refractivity contribution in [1.82, 2.24) is 4.90 Å². The Morgan fingerprint density at radius 2 is 1.89 bits per heavy atom. The Balaban J connectivity index is 2.08. The van der Waals surface area contributed by atoms with Gasteiger partial charge in [0, 0.05) is 10.0 Å². The maximum atomic E-state index is 12.8. The van der Waals surface area contributed by atoms with Gasteiger partial charge < -0.3 is 14.7 Å². The molecule has 1 fully saturated rings. The summed E-state index contributed by atoms with van der Waals surface area (Å²) in [6, 6.07) is 14.3. The lowest BCUT2D eigenvalue weighted by Crippen LogP contribution is -2.52. The number of aliphatic hydroxyl groups is 1. The molecule has 0 saturated carbocycles. The van der Waals surface area contributed by atoms with Gasteiger partial charge >= 0.3 is 0 Å². The van der Waals surface area contributed by atoms with Crippen LogP contribution in [0.15, 0.2) is 48.5 Å². The van der Waals surface area contributed by atoms with Crippen LogP contribution in [-0.4, -0.2) is 35.2 Å². The summed E-state index contributed by atoms with van der Waals surface area (Å²) in [4.78, 5) is 14.6. The van der Waals surface area contributed by atoms with Crippen molar-refractivity contribution in [3.8, 4) is 0 Å². The van der Waals surface area contributed by atoms with Gasteiger partial charge in [-0.3, -0.25) is 4.79 Å². The Labute approximate surface area is 169 Å². The minimum absolute atomic E-state index is 0.0263. The average Bonchev–Trinajstić information content (AvgIpc) is 2.67. The number of morpholine rings is 1. The number of hydrogen-bond acceptors (Lipinski definition) is 3. The van der Waals surface area contributed by atoms with Crippen molar-refractivity contribution in [1.29, 1.82) is 0 Å². The van der Waals surface area contributed by atoms with Gasteiger partial charge in [-0.1, -0.05) is 60.8 Å². The number of benzene rings is 2. The zero-order valence-corrected chi connectivity index (χ0v) is 16.7. The molecule has 27 heavy (non-hydrogen) atoms. The molecule has 2 aromatic carbocycles. The highest BCUT2D eigenvalue weighted by Crippen LogP contribution is 2.42. The lowest BCUT2D eigenvalue weighted by molar-refractivity contribution is -0.165. The number of aliphatic hydroxyl groups excluding tert-OH is 1. The predicted octanol–water partition coefficient (Wildman–Crippen LogP) is 4.80. The molecular formula is C21H23Cl2NO3. The van der Waals surface area contributed by atoms with Gasteiger partial charge in [-0.15, -0.1) is 0 Å². The number of carbonyl (C=O) groups excluding carboxylic acids is 1. The van der Waals surface area contributed by atoms with Crippen molar-refractivity contribution >= 4 is 29.1 Å². The van der Waals surface area contributed by atoms with Crippen molar-refractivity contribution in [2.75, 3.05) is 13.2 Å². The number of carbonyl (C=O) groups is 1. The lowest BCUT2D eigenvalue weighted by atomic mass is 9.91. The fraction of sp³-hybridized carbons (Fsp3) is 0.381. The molecule has 0 spiro atoms. The molecule has 1 aliphatic heterocycles. The second kappa shape index (κ2) is 9.07. The number of hydrogen-bond donors (Lipinski definition) is 1. The van der Waals surface area contributed by atoms with E-state index >= 15 is 0 Å². The molecule has 1 heterocycles. The van der Waals surface area contributed by atoms with Crippen molar-refractivity contribution in [3.05, 3.63) is 69.7 Å². The summed E-state index contributed by atoms with van der Waals surface area (Å²) in [5.41, 5.74) is 1.81. The molecule has 4 nitrogen and oxygen atoms in total. The first-order valence-electron chi connectivity index (χ1n) is 9.09. The van der Waals surface area contributed by atoms with E-state index in [0.717, 1.165) is 17.5 Å². The molecule has 0 bridgehead atoms. The van der Waals surface area contributed by atoms with Gasteiger partial charge in [-0.05, 0) is 41.8 Å². The Morgan fingerprint density at radius 3 is 2.52 bits per heavy atom. The summed E-state index contributed by atoms with van der Waals surface area (Å²) >= 11 is 12.2. The molecule has 3 atom stereocenters. The third-order valence-corrected chi connectivity index (χ3v) is 5.36.